The summed E-state index contributed by atoms with van der Waals surface area (Å²) in [5.41, 5.74) is 1.77. The summed E-state index contributed by atoms with van der Waals surface area (Å²) in [6, 6.07) is 14.7. The first-order valence-corrected chi connectivity index (χ1v) is 9.51. The molecule has 0 bridgehead atoms. The molecule has 1 heterocycles. The average Bonchev–Trinajstić information content (AvgIpc) is 3.00. The van der Waals surface area contributed by atoms with Crippen LogP contribution in [0.2, 0.25) is 5.02 Å². The number of carboxylic acids is 1. The Morgan fingerprint density at radius 3 is 2.79 bits per heavy atom. The predicted molar refractivity (Wildman–Crippen MR) is 106 cm³/mol. The van der Waals surface area contributed by atoms with Crippen molar-refractivity contribution in [3.05, 3.63) is 64.7 Å². The Balaban J connectivity index is 1.52. The van der Waals surface area contributed by atoms with Gasteiger partial charge in [0.1, 0.15) is 12.4 Å². The summed E-state index contributed by atoms with van der Waals surface area (Å²) in [6.07, 6.45) is 1.16. The number of hydrogen-bond donors (Lipinski definition) is 1. The largest absolute Gasteiger partial charge is 0.550 e. The Bertz CT molecular complexity index is 931. The molecule has 0 saturated carbocycles. The Labute approximate surface area is 170 Å². The molecule has 2 aromatic carbocycles. The maximum atomic E-state index is 11.6. The highest BCUT2D eigenvalue weighted by Gasteiger charge is 2.30. The van der Waals surface area contributed by atoms with Gasteiger partial charge >= 0.3 is 0 Å². The van der Waals surface area contributed by atoms with Gasteiger partial charge in [-0.3, -0.25) is 4.79 Å². The maximum absolute atomic E-state index is 11.6. The van der Waals surface area contributed by atoms with Crippen molar-refractivity contribution in [2.24, 2.45) is 10.2 Å². The number of carbonyl (C=O) groups is 2. The van der Waals surface area contributed by atoms with Gasteiger partial charge < -0.3 is 20.0 Å². The van der Waals surface area contributed by atoms with Gasteiger partial charge in [-0.05, 0) is 47.5 Å². The summed E-state index contributed by atoms with van der Waals surface area (Å²) in [5.74, 6) is -0.994. The number of aliphatic carboxylic acids is 1. The quantitative estimate of drug-likeness (QED) is 0.549. The van der Waals surface area contributed by atoms with E-state index in [1.807, 2.05) is 36.4 Å². The number of halogens is 1. The minimum atomic E-state index is -1.28. The zero-order valence-corrected chi connectivity index (χ0v) is 16.1. The van der Waals surface area contributed by atoms with E-state index in [4.69, 9.17) is 16.3 Å². The van der Waals surface area contributed by atoms with Gasteiger partial charge in [0.25, 0.3) is 0 Å². The van der Waals surface area contributed by atoms with Crippen LogP contribution in [-0.2, 0) is 16.2 Å². The number of carbonyl (C=O) groups excluding carboxylic acids is 2. The van der Waals surface area contributed by atoms with Crippen LogP contribution in [0.25, 0.3) is 0 Å². The lowest BCUT2D eigenvalue weighted by atomic mass is 10.2. The highest BCUT2D eigenvalue weighted by Crippen LogP contribution is 2.22. The van der Waals surface area contributed by atoms with Gasteiger partial charge in [-0.1, -0.05) is 35.5 Å². The molecular weight excluding hydrogens is 402 g/mol. The van der Waals surface area contributed by atoms with E-state index in [0.717, 1.165) is 22.9 Å². The van der Waals surface area contributed by atoms with Gasteiger partial charge in [-0.2, -0.15) is 5.10 Å². The smallest absolute Gasteiger partial charge is 0.239 e. The van der Waals surface area contributed by atoms with Gasteiger partial charge in [0, 0.05) is 17.4 Å². The second kappa shape index (κ2) is 9.38. The molecule has 0 radical (unpaired) electrons. The van der Waals surface area contributed by atoms with Crippen LogP contribution in [0.1, 0.15) is 17.5 Å². The third-order valence-corrected chi connectivity index (χ3v) is 4.97. The second-order valence-electron chi connectivity index (χ2n) is 5.81. The number of amidine groups is 1. The Morgan fingerprint density at radius 1 is 1.29 bits per heavy atom. The fourth-order valence-electron chi connectivity index (χ4n) is 2.33. The number of hydrogen-bond acceptors (Lipinski definition) is 7. The van der Waals surface area contributed by atoms with Gasteiger partial charge in [0.15, 0.2) is 5.17 Å². The molecule has 144 valence electrons. The van der Waals surface area contributed by atoms with Crippen LogP contribution in [0.5, 0.6) is 5.75 Å². The summed E-state index contributed by atoms with van der Waals surface area (Å²) in [6.45, 7) is 0.408. The summed E-state index contributed by atoms with van der Waals surface area (Å²) >= 11 is 6.96. The Hall–Kier alpha value is -2.84. The molecule has 2 aromatic rings. The second-order valence-corrected chi connectivity index (χ2v) is 7.44. The van der Waals surface area contributed by atoms with Crippen molar-refractivity contribution in [3.8, 4) is 5.75 Å². The predicted octanol–water partition coefficient (Wildman–Crippen LogP) is 1.98. The summed E-state index contributed by atoms with van der Waals surface area (Å²) in [4.78, 5) is 22.2. The van der Waals surface area contributed by atoms with Gasteiger partial charge in [-0.25, -0.2) is 0 Å². The number of nitrogens with zero attached hydrogens (tertiary/aromatic N) is 2. The van der Waals surface area contributed by atoms with Crippen molar-refractivity contribution in [1.82, 2.24) is 5.32 Å². The first-order chi connectivity index (χ1) is 13.5. The topological polar surface area (TPSA) is 103 Å². The maximum Gasteiger partial charge on any atom is 0.239 e. The van der Waals surface area contributed by atoms with Crippen LogP contribution < -0.4 is 15.2 Å². The molecule has 0 aliphatic carbocycles. The van der Waals surface area contributed by atoms with Crippen LogP contribution in [0.4, 0.5) is 0 Å². The number of thioether (sulfide) groups is 1. The molecule has 7 nitrogen and oxygen atoms in total. The van der Waals surface area contributed by atoms with Crippen LogP contribution in [-0.4, -0.2) is 28.5 Å². The lowest BCUT2D eigenvalue weighted by Crippen LogP contribution is -2.31. The molecule has 0 unspecified atom stereocenters. The van der Waals surface area contributed by atoms with Crippen molar-refractivity contribution >= 4 is 46.6 Å². The molecule has 1 amide bonds. The minimum absolute atomic E-state index is 0.258. The molecule has 1 saturated heterocycles. The van der Waals surface area contributed by atoms with E-state index in [1.165, 1.54) is 6.21 Å². The Morgan fingerprint density at radius 2 is 2.07 bits per heavy atom. The van der Waals surface area contributed by atoms with Crippen LogP contribution in [0.15, 0.2) is 58.7 Å². The number of ether oxygens (including phenoxy) is 1. The van der Waals surface area contributed by atoms with E-state index < -0.39 is 17.1 Å². The van der Waals surface area contributed by atoms with Crippen molar-refractivity contribution in [3.63, 3.8) is 0 Å². The number of amides is 1. The molecule has 1 N–H and O–H groups in total. The van der Waals surface area contributed by atoms with E-state index in [-0.39, 0.29) is 11.6 Å². The van der Waals surface area contributed by atoms with E-state index in [0.29, 0.717) is 17.4 Å². The number of benzene rings is 2. The Kier molecular flexibility index (Phi) is 6.67. The molecule has 9 heteroatoms. The molecule has 0 aromatic heterocycles. The van der Waals surface area contributed by atoms with Gasteiger partial charge in [-0.15, -0.1) is 5.10 Å². The highest BCUT2D eigenvalue weighted by molar-refractivity contribution is 8.15. The van der Waals surface area contributed by atoms with Crippen molar-refractivity contribution in [1.29, 1.82) is 0 Å². The summed E-state index contributed by atoms with van der Waals surface area (Å²) < 4.78 is 5.71. The SMILES string of the molecule is O=C([O-])C[C@@H]1S/C(=N\N=C/c2ccc(OCc3cccc(Cl)c3)cc2)NC1=O. The first-order valence-electron chi connectivity index (χ1n) is 8.25. The standard InChI is InChI=1S/C19H16ClN3O4S/c20-14-3-1-2-13(8-14)11-27-15-6-4-12(5-7-15)10-21-23-19-22-18(26)16(28-19)9-17(24)25/h1-8,10,16H,9,11H2,(H,24,25)(H,22,23,26)/p-1/b21-10-/t16-/m0/s1. The molecule has 28 heavy (non-hydrogen) atoms. The fraction of sp³-hybridized carbons (Fsp3) is 0.158. The van der Waals surface area contributed by atoms with E-state index >= 15 is 0 Å². The third-order valence-electron chi connectivity index (χ3n) is 3.66. The van der Waals surface area contributed by atoms with Gasteiger partial charge in [0.2, 0.25) is 5.91 Å². The lowest BCUT2D eigenvalue weighted by Gasteiger charge is -2.06. The van der Waals surface area contributed by atoms with Crippen LogP contribution >= 0.6 is 23.4 Å². The summed E-state index contributed by atoms with van der Waals surface area (Å²) in [5, 5.41) is 21.1. The summed E-state index contributed by atoms with van der Waals surface area (Å²) in [7, 11) is 0. The molecule has 0 spiro atoms. The molecule has 1 atom stereocenters. The molecular formula is C19H15ClN3O4S-. The molecule has 1 fully saturated rings. The monoisotopic (exact) mass is 416 g/mol. The molecule has 3 rings (SSSR count). The van der Waals surface area contributed by atoms with Gasteiger partial charge in [0.05, 0.1) is 11.5 Å². The first kappa shape index (κ1) is 19.9. The van der Waals surface area contributed by atoms with Crippen molar-refractivity contribution in [2.45, 2.75) is 18.3 Å². The zero-order chi connectivity index (χ0) is 19.9. The van der Waals surface area contributed by atoms with E-state index in [1.54, 1.807) is 12.1 Å². The average molecular weight is 417 g/mol. The molecule has 1 aliphatic heterocycles. The van der Waals surface area contributed by atoms with E-state index in [9.17, 15) is 14.7 Å². The van der Waals surface area contributed by atoms with E-state index in [2.05, 4.69) is 15.5 Å². The van der Waals surface area contributed by atoms with Crippen LogP contribution in [0, 0.1) is 0 Å². The molecule has 1 aliphatic rings. The normalized spacial score (nSPS) is 17.8. The number of nitrogens with one attached hydrogen (secondary N) is 1. The van der Waals surface area contributed by atoms with Crippen molar-refractivity contribution in [2.75, 3.05) is 0 Å². The minimum Gasteiger partial charge on any atom is -0.550 e. The van der Waals surface area contributed by atoms with Crippen molar-refractivity contribution < 1.29 is 19.4 Å². The lowest BCUT2D eigenvalue weighted by molar-refractivity contribution is -0.305. The highest BCUT2D eigenvalue weighted by atomic mass is 35.5. The third kappa shape index (κ3) is 5.83. The number of rotatable bonds is 7. The zero-order valence-electron chi connectivity index (χ0n) is 14.5. The fourth-order valence-corrected chi connectivity index (χ4v) is 3.45. The number of carboxylic acid groups (broad SMARTS) is 1. The van der Waals surface area contributed by atoms with Crippen LogP contribution in [0.3, 0.4) is 0 Å².